The van der Waals surface area contributed by atoms with Crippen molar-refractivity contribution in [3.63, 3.8) is 0 Å². The van der Waals surface area contributed by atoms with E-state index in [1.807, 2.05) is 0 Å². The quantitative estimate of drug-likeness (QED) is 0.673. The van der Waals surface area contributed by atoms with E-state index < -0.39 is 19.0 Å². The van der Waals surface area contributed by atoms with Gasteiger partial charge in [-0.05, 0) is 0 Å². The van der Waals surface area contributed by atoms with Crippen LogP contribution in [0.5, 0.6) is 0 Å². The normalized spacial score (nSPS) is 11.9. The molecule has 0 unspecified atom stereocenters. The van der Waals surface area contributed by atoms with Gasteiger partial charge in [-0.15, -0.1) is 0 Å². The molecule has 2 N–H and O–H groups in total. The summed E-state index contributed by atoms with van der Waals surface area (Å²) < 4.78 is 26.1. The van der Waals surface area contributed by atoms with Crippen molar-refractivity contribution in [2.45, 2.75) is 12.5 Å². The first kappa shape index (κ1) is 8.06. The number of aromatic nitrogens is 3. The molecule has 0 spiro atoms. The molecule has 0 saturated heterocycles. The maximum Gasteiger partial charge on any atom is 0.279 e. The Balaban J connectivity index is 2.56. The standard InChI is InChI=1S/C5H8F2N4/c6-5(7,1-8)2-11-4-9-3-10-11/h3-4H,1-2,8H2. The fourth-order valence-corrected chi connectivity index (χ4v) is 0.616. The lowest BCUT2D eigenvalue weighted by Crippen LogP contribution is -2.32. The van der Waals surface area contributed by atoms with Crippen molar-refractivity contribution in [3.8, 4) is 0 Å². The van der Waals surface area contributed by atoms with Crippen LogP contribution in [-0.2, 0) is 6.54 Å². The van der Waals surface area contributed by atoms with Gasteiger partial charge in [0.25, 0.3) is 5.92 Å². The molecule has 62 valence electrons. The monoisotopic (exact) mass is 162 g/mol. The molecule has 1 aromatic rings. The Labute approximate surface area is 62.0 Å². The van der Waals surface area contributed by atoms with Gasteiger partial charge in [-0.25, -0.2) is 18.4 Å². The fourth-order valence-electron chi connectivity index (χ4n) is 0.616. The summed E-state index contributed by atoms with van der Waals surface area (Å²) in [5.41, 5.74) is 4.81. The van der Waals surface area contributed by atoms with Gasteiger partial charge in [0.1, 0.15) is 19.2 Å². The second-order valence-corrected chi connectivity index (χ2v) is 2.15. The summed E-state index contributed by atoms with van der Waals surface area (Å²) in [4.78, 5) is 3.52. The first-order valence-corrected chi connectivity index (χ1v) is 3.04. The van der Waals surface area contributed by atoms with Gasteiger partial charge in [0, 0.05) is 0 Å². The molecule has 1 heterocycles. The molecule has 0 aliphatic rings. The molecule has 0 fully saturated rings. The smallest absolute Gasteiger partial charge is 0.279 e. The second-order valence-electron chi connectivity index (χ2n) is 2.15. The highest BCUT2D eigenvalue weighted by atomic mass is 19.3. The SMILES string of the molecule is NCC(F)(F)Cn1cncn1. The number of nitrogens with two attached hydrogens (primary N) is 1. The van der Waals surface area contributed by atoms with Gasteiger partial charge in [0.05, 0.1) is 6.54 Å². The van der Waals surface area contributed by atoms with Crippen LogP contribution in [0.1, 0.15) is 0 Å². The summed E-state index contributed by atoms with van der Waals surface area (Å²) in [6.45, 7) is -1.18. The van der Waals surface area contributed by atoms with Crippen LogP contribution in [0.4, 0.5) is 8.78 Å². The molecule has 0 bridgehead atoms. The van der Waals surface area contributed by atoms with E-state index in [1.54, 1.807) is 0 Å². The van der Waals surface area contributed by atoms with Crippen molar-refractivity contribution < 1.29 is 8.78 Å². The van der Waals surface area contributed by atoms with Gasteiger partial charge >= 0.3 is 0 Å². The van der Waals surface area contributed by atoms with Crippen LogP contribution in [-0.4, -0.2) is 27.2 Å². The van der Waals surface area contributed by atoms with Crippen molar-refractivity contribution in [1.29, 1.82) is 0 Å². The minimum absolute atomic E-state index is 0.510. The van der Waals surface area contributed by atoms with Gasteiger partial charge in [-0.2, -0.15) is 5.10 Å². The third-order valence-corrected chi connectivity index (χ3v) is 1.16. The van der Waals surface area contributed by atoms with E-state index >= 15 is 0 Å². The Morgan fingerprint density at radius 1 is 1.55 bits per heavy atom. The topological polar surface area (TPSA) is 56.7 Å². The van der Waals surface area contributed by atoms with Gasteiger partial charge in [-0.1, -0.05) is 0 Å². The van der Waals surface area contributed by atoms with Gasteiger partial charge in [-0.3, -0.25) is 0 Å². The molecule has 0 aliphatic heterocycles. The van der Waals surface area contributed by atoms with E-state index in [0.717, 1.165) is 4.68 Å². The highest BCUT2D eigenvalue weighted by molar-refractivity contribution is 4.68. The molecule has 0 atom stereocenters. The number of rotatable bonds is 3. The van der Waals surface area contributed by atoms with Crippen molar-refractivity contribution in [2.75, 3.05) is 6.54 Å². The van der Waals surface area contributed by atoms with Crippen LogP contribution in [0.15, 0.2) is 12.7 Å². The molecule has 11 heavy (non-hydrogen) atoms. The number of nitrogens with zero attached hydrogens (tertiary/aromatic N) is 3. The number of halogens is 2. The van der Waals surface area contributed by atoms with Crippen molar-refractivity contribution in [1.82, 2.24) is 14.8 Å². The Kier molecular flexibility index (Phi) is 2.13. The van der Waals surface area contributed by atoms with Crippen LogP contribution >= 0.6 is 0 Å². The van der Waals surface area contributed by atoms with Crippen LogP contribution in [0, 0.1) is 0 Å². The van der Waals surface area contributed by atoms with Crippen molar-refractivity contribution in [2.24, 2.45) is 5.73 Å². The average molecular weight is 162 g/mol. The maximum absolute atomic E-state index is 12.5. The lowest BCUT2D eigenvalue weighted by molar-refractivity contribution is -0.00988. The minimum atomic E-state index is -2.90. The largest absolute Gasteiger partial charge is 0.325 e. The Bertz CT molecular complexity index is 208. The molecular formula is C5H8F2N4. The van der Waals surface area contributed by atoms with Crippen LogP contribution in [0.25, 0.3) is 0 Å². The summed E-state index contributed by atoms with van der Waals surface area (Å²) in [5.74, 6) is -2.90. The lowest BCUT2D eigenvalue weighted by atomic mass is 10.3. The molecule has 1 aromatic heterocycles. The molecule has 4 nitrogen and oxygen atoms in total. The zero-order valence-electron chi connectivity index (χ0n) is 5.74. The van der Waals surface area contributed by atoms with E-state index in [4.69, 9.17) is 5.73 Å². The number of hydrogen-bond acceptors (Lipinski definition) is 3. The van der Waals surface area contributed by atoms with Crippen LogP contribution in [0.3, 0.4) is 0 Å². The highest BCUT2D eigenvalue weighted by Gasteiger charge is 2.27. The maximum atomic E-state index is 12.5. The van der Waals surface area contributed by atoms with E-state index in [2.05, 4.69) is 10.1 Å². The first-order valence-electron chi connectivity index (χ1n) is 3.04. The fraction of sp³-hybridized carbons (Fsp3) is 0.600. The van der Waals surface area contributed by atoms with Crippen molar-refractivity contribution >= 4 is 0 Å². The lowest BCUT2D eigenvalue weighted by Gasteiger charge is -2.12. The molecule has 0 saturated carbocycles. The number of alkyl halides is 2. The van der Waals surface area contributed by atoms with E-state index in [1.165, 1.54) is 12.7 Å². The van der Waals surface area contributed by atoms with E-state index in [0.29, 0.717) is 0 Å². The zero-order chi connectivity index (χ0) is 8.32. The Morgan fingerprint density at radius 2 is 2.27 bits per heavy atom. The van der Waals surface area contributed by atoms with Crippen LogP contribution < -0.4 is 5.73 Å². The van der Waals surface area contributed by atoms with Crippen molar-refractivity contribution in [3.05, 3.63) is 12.7 Å². The first-order chi connectivity index (χ1) is 5.14. The Morgan fingerprint density at radius 3 is 2.73 bits per heavy atom. The van der Waals surface area contributed by atoms with E-state index in [9.17, 15) is 8.78 Å². The summed E-state index contributed by atoms with van der Waals surface area (Å²) in [6, 6.07) is 0. The third kappa shape index (κ3) is 2.23. The molecule has 0 radical (unpaired) electrons. The summed E-state index contributed by atoms with van der Waals surface area (Å²) in [7, 11) is 0. The minimum Gasteiger partial charge on any atom is -0.325 e. The van der Waals surface area contributed by atoms with Gasteiger partial charge in [0.2, 0.25) is 0 Å². The summed E-state index contributed by atoms with van der Waals surface area (Å²) in [5, 5.41) is 3.52. The molecule has 1 rings (SSSR count). The van der Waals surface area contributed by atoms with E-state index in [-0.39, 0.29) is 0 Å². The molecule has 0 aromatic carbocycles. The van der Waals surface area contributed by atoms with Gasteiger partial charge < -0.3 is 5.73 Å². The molecule has 0 aliphatic carbocycles. The molecular weight excluding hydrogens is 154 g/mol. The zero-order valence-corrected chi connectivity index (χ0v) is 5.74. The average Bonchev–Trinajstić information content (AvgIpc) is 2.39. The van der Waals surface area contributed by atoms with Gasteiger partial charge in [0.15, 0.2) is 0 Å². The second kappa shape index (κ2) is 2.91. The molecule has 0 amide bonds. The third-order valence-electron chi connectivity index (χ3n) is 1.16. The Hall–Kier alpha value is -1.04. The summed E-state index contributed by atoms with van der Waals surface area (Å²) in [6.07, 6.45) is 2.43. The molecule has 6 heteroatoms. The summed E-state index contributed by atoms with van der Waals surface area (Å²) >= 11 is 0. The number of hydrogen-bond donors (Lipinski definition) is 1. The predicted octanol–water partition coefficient (Wildman–Crippen LogP) is -0.128. The highest BCUT2D eigenvalue weighted by Crippen LogP contribution is 2.12. The predicted molar refractivity (Wildman–Crippen MR) is 34.0 cm³/mol. The van der Waals surface area contributed by atoms with Crippen LogP contribution in [0.2, 0.25) is 0 Å².